The van der Waals surface area contributed by atoms with Crippen LogP contribution in [0.25, 0.3) is 16.7 Å². The molecule has 1 aromatic heterocycles. The normalized spacial score (nSPS) is 18.1. The second-order valence-electron chi connectivity index (χ2n) is 7.31. The predicted molar refractivity (Wildman–Crippen MR) is 116 cm³/mol. The zero-order valence-corrected chi connectivity index (χ0v) is 16.2. The molecule has 1 unspecified atom stereocenters. The van der Waals surface area contributed by atoms with Gasteiger partial charge >= 0.3 is 0 Å². The monoisotopic (exact) mass is 412 g/mol. The number of hydrogen-bond donors (Lipinski definition) is 2. The Hall–Kier alpha value is -4.19. The lowest BCUT2D eigenvalue weighted by atomic mass is 9.95. The summed E-state index contributed by atoms with van der Waals surface area (Å²) in [5.41, 5.74) is 2.06. The average molecular weight is 412 g/mol. The number of carbonyl (C=O) groups is 2. The van der Waals surface area contributed by atoms with E-state index >= 15 is 0 Å². The summed E-state index contributed by atoms with van der Waals surface area (Å²) in [5.74, 6) is -2.44. The van der Waals surface area contributed by atoms with E-state index < -0.39 is 23.5 Å². The zero-order chi connectivity index (χ0) is 21.5. The van der Waals surface area contributed by atoms with Gasteiger partial charge < -0.3 is 10.1 Å². The minimum Gasteiger partial charge on any atom is -0.507 e. The van der Waals surface area contributed by atoms with E-state index in [9.17, 15) is 19.1 Å². The largest absolute Gasteiger partial charge is 0.507 e. The van der Waals surface area contributed by atoms with Crippen molar-refractivity contribution in [3.05, 3.63) is 108 Å². The Balaban J connectivity index is 1.76. The maximum atomic E-state index is 13.9. The smallest absolute Gasteiger partial charge is 0.300 e. The third kappa shape index (κ3) is 3.00. The number of nitrogens with zero attached hydrogens (tertiary/aromatic N) is 1. The molecule has 152 valence electrons. The molecule has 6 heteroatoms. The highest BCUT2D eigenvalue weighted by molar-refractivity contribution is 6.51. The van der Waals surface area contributed by atoms with Crippen molar-refractivity contribution in [2.75, 3.05) is 4.90 Å². The molecule has 0 radical (unpaired) electrons. The molecule has 2 heterocycles. The van der Waals surface area contributed by atoms with Gasteiger partial charge in [0.05, 0.1) is 11.6 Å². The van der Waals surface area contributed by atoms with Crippen molar-refractivity contribution in [3.63, 3.8) is 0 Å². The van der Waals surface area contributed by atoms with Gasteiger partial charge in [-0.25, -0.2) is 4.39 Å². The number of benzene rings is 3. The molecule has 5 rings (SSSR count). The van der Waals surface area contributed by atoms with Crippen molar-refractivity contribution in [2.24, 2.45) is 0 Å². The summed E-state index contributed by atoms with van der Waals surface area (Å²) in [4.78, 5) is 30.5. The minimum atomic E-state index is -0.892. The van der Waals surface area contributed by atoms with Crippen LogP contribution in [0, 0.1) is 5.82 Å². The van der Waals surface area contributed by atoms with Crippen LogP contribution in [-0.4, -0.2) is 21.8 Å². The lowest BCUT2D eigenvalue weighted by Gasteiger charge is -2.25. The van der Waals surface area contributed by atoms with Crippen molar-refractivity contribution in [1.82, 2.24) is 4.98 Å². The van der Waals surface area contributed by atoms with E-state index in [2.05, 4.69) is 4.98 Å². The van der Waals surface area contributed by atoms with E-state index in [0.29, 0.717) is 11.1 Å². The highest BCUT2D eigenvalue weighted by Crippen LogP contribution is 2.42. The number of para-hydroxylation sites is 1. The number of aromatic nitrogens is 1. The number of anilines is 1. The molecule has 0 saturated carbocycles. The van der Waals surface area contributed by atoms with Gasteiger partial charge in [0.1, 0.15) is 11.6 Å². The fourth-order valence-corrected chi connectivity index (χ4v) is 4.09. The Bertz CT molecular complexity index is 1360. The van der Waals surface area contributed by atoms with Gasteiger partial charge in [-0.05, 0) is 29.8 Å². The van der Waals surface area contributed by atoms with Crippen molar-refractivity contribution in [1.29, 1.82) is 0 Å². The third-order valence-electron chi connectivity index (χ3n) is 5.49. The van der Waals surface area contributed by atoms with Crippen molar-refractivity contribution in [3.8, 4) is 0 Å². The van der Waals surface area contributed by atoms with Crippen LogP contribution in [0.1, 0.15) is 17.2 Å². The van der Waals surface area contributed by atoms with E-state index in [4.69, 9.17) is 0 Å². The fourth-order valence-electron chi connectivity index (χ4n) is 4.09. The van der Waals surface area contributed by atoms with Gasteiger partial charge in [0, 0.05) is 28.4 Å². The molecule has 1 amide bonds. The van der Waals surface area contributed by atoms with E-state index in [1.165, 1.54) is 23.1 Å². The number of aliphatic hydroxyl groups excluding tert-OH is 1. The predicted octanol–water partition coefficient (Wildman–Crippen LogP) is 4.93. The Morgan fingerprint density at radius 2 is 1.68 bits per heavy atom. The van der Waals surface area contributed by atoms with E-state index in [1.807, 2.05) is 30.3 Å². The number of aromatic amines is 1. The molecular formula is C25H17FN2O3. The Labute approximate surface area is 177 Å². The number of fused-ring (bicyclic) bond motifs is 1. The lowest BCUT2D eigenvalue weighted by Crippen LogP contribution is -2.29. The molecule has 4 aromatic rings. The number of aliphatic hydroxyl groups is 1. The molecule has 2 N–H and O–H groups in total. The number of nitrogens with one attached hydrogen (secondary N) is 1. The number of ketones is 1. The van der Waals surface area contributed by atoms with E-state index in [1.54, 1.807) is 36.5 Å². The quantitative estimate of drug-likeness (QED) is 0.285. The molecule has 5 nitrogen and oxygen atoms in total. The number of H-pyrrole nitrogens is 1. The number of hydrogen-bond acceptors (Lipinski definition) is 3. The SMILES string of the molecule is O=C1C(=O)N(c2cccc(F)c2)C(c2ccccc2)/C1=C(/O)c1c[nH]c2ccccc12. The first-order valence-corrected chi connectivity index (χ1v) is 9.74. The van der Waals surface area contributed by atoms with Crippen molar-refractivity contribution >= 4 is 34.0 Å². The summed E-state index contributed by atoms with van der Waals surface area (Å²) >= 11 is 0. The van der Waals surface area contributed by atoms with Crippen LogP contribution < -0.4 is 4.90 Å². The van der Waals surface area contributed by atoms with Crippen LogP contribution in [0.15, 0.2) is 90.6 Å². The van der Waals surface area contributed by atoms with Gasteiger partial charge in [-0.15, -0.1) is 0 Å². The molecule has 0 spiro atoms. The Morgan fingerprint density at radius 1 is 0.935 bits per heavy atom. The summed E-state index contributed by atoms with van der Waals surface area (Å²) in [6.07, 6.45) is 1.61. The second kappa shape index (κ2) is 7.25. The molecule has 1 aliphatic rings. The summed E-state index contributed by atoms with van der Waals surface area (Å²) in [6.45, 7) is 0. The molecule has 0 bridgehead atoms. The first-order chi connectivity index (χ1) is 15.1. The topological polar surface area (TPSA) is 73.4 Å². The number of amides is 1. The standard InChI is InChI=1S/C25H17FN2O3/c26-16-9-6-10-17(13-16)28-22(15-7-2-1-3-8-15)21(24(30)25(28)31)23(29)19-14-27-20-12-5-4-11-18(19)20/h1-14,22,27,29H/b23-21-. The molecule has 1 saturated heterocycles. The van der Waals surface area contributed by atoms with E-state index in [0.717, 1.165) is 10.9 Å². The van der Waals surface area contributed by atoms with Crippen molar-refractivity contribution < 1.29 is 19.1 Å². The fraction of sp³-hybridized carbons (Fsp3) is 0.0400. The van der Waals surface area contributed by atoms with Gasteiger partial charge in [0.2, 0.25) is 0 Å². The van der Waals surface area contributed by atoms with Crippen LogP contribution in [0.5, 0.6) is 0 Å². The highest BCUT2D eigenvalue weighted by atomic mass is 19.1. The number of halogens is 1. The zero-order valence-electron chi connectivity index (χ0n) is 16.2. The van der Waals surface area contributed by atoms with Gasteiger partial charge in [0.25, 0.3) is 11.7 Å². The molecule has 3 aromatic carbocycles. The maximum absolute atomic E-state index is 13.9. The third-order valence-corrected chi connectivity index (χ3v) is 5.49. The average Bonchev–Trinajstić information content (AvgIpc) is 3.33. The summed E-state index contributed by atoms with van der Waals surface area (Å²) in [6, 6.07) is 20.9. The second-order valence-corrected chi connectivity index (χ2v) is 7.31. The molecule has 1 aliphatic heterocycles. The molecular weight excluding hydrogens is 395 g/mol. The number of rotatable bonds is 3. The van der Waals surface area contributed by atoms with Crippen LogP contribution in [0.3, 0.4) is 0 Å². The minimum absolute atomic E-state index is 0.0368. The van der Waals surface area contributed by atoms with Crippen LogP contribution in [0.2, 0.25) is 0 Å². The first kappa shape index (κ1) is 18.8. The number of carbonyl (C=O) groups excluding carboxylic acids is 2. The van der Waals surface area contributed by atoms with Crippen LogP contribution in [-0.2, 0) is 9.59 Å². The summed E-state index contributed by atoms with van der Waals surface area (Å²) < 4.78 is 13.9. The van der Waals surface area contributed by atoms with Crippen molar-refractivity contribution in [2.45, 2.75) is 6.04 Å². The maximum Gasteiger partial charge on any atom is 0.300 e. The van der Waals surface area contributed by atoms with Gasteiger partial charge in [-0.3, -0.25) is 14.5 Å². The Kier molecular flexibility index (Phi) is 4.40. The number of Topliss-reactive ketones (excluding diaryl/α,β-unsaturated/α-hetero) is 1. The van der Waals surface area contributed by atoms with Gasteiger partial charge in [-0.1, -0.05) is 54.6 Å². The lowest BCUT2D eigenvalue weighted by molar-refractivity contribution is -0.132. The molecule has 0 aliphatic carbocycles. The molecule has 1 fully saturated rings. The Morgan fingerprint density at radius 3 is 2.45 bits per heavy atom. The van der Waals surface area contributed by atoms with Gasteiger partial charge in [-0.2, -0.15) is 0 Å². The molecule has 1 atom stereocenters. The summed E-state index contributed by atoms with van der Waals surface area (Å²) in [7, 11) is 0. The van der Waals surface area contributed by atoms with Crippen LogP contribution >= 0.6 is 0 Å². The van der Waals surface area contributed by atoms with Crippen LogP contribution in [0.4, 0.5) is 10.1 Å². The summed E-state index contributed by atoms with van der Waals surface area (Å²) in [5, 5.41) is 12.0. The molecule has 31 heavy (non-hydrogen) atoms. The van der Waals surface area contributed by atoms with E-state index in [-0.39, 0.29) is 17.0 Å². The first-order valence-electron chi connectivity index (χ1n) is 9.74. The highest BCUT2D eigenvalue weighted by Gasteiger charge is 2.47. The van der Waals surface area contributed by atoms with Gasteiger partial charge in [0.15, 0.2) is 0 Å².